The predicted octanol–water partition coefficient (Wildman–Crippen LogP) is 5.19. The van der Waals surface area contributed by atoms with Gasteiger partial charge in [0.25, 0.3) is 0 Å². The standard InChI is InChI=1S/C21H19NO3S/c1-3-25-21(24)18-19(23)17(13-15-11-9-14(2)10-12-15)26-20(18)22-16-7-5-4-6-8-16/h4-13,23H,3H2,1-2H3. The summed E-state index contributed by atoms with van der Waals surface area (Å²) < 4.78 is 5.10. The summed E-state index contributed by atoms with van der Waals surface area (Å²) in [5.41, 5.74) is 2.92. The molecule has 0 unspecified atom stereocenters. The van der Waals surface area contributed by atoms with Gasteiger partial charge in [0.05, 0.1) is 17.2 Å². The number of hydrogen-bond donors (Lipinski definition) is 1. The van der Waals surface area contributed by atoms with Gasteiger partial charge in [0.15, 0.2) is 0 Å². The third-order valence-electron chi connectivity index (χ3n) is 3.73. The molecule has 0 aromatic heterocycles. The first kappa shape index (κ1) is 18.0. The Morgan fingerprint density at radius 2 is 1.85 bits per heavy atom. The van der Waals surface area contributed by atoms with Crippen molar-refractivity contribution in [3.05, 3.63) is 82.0 Å². The number of aryl methyl sites for hydroxylation is 1. The lowest BCUT2D eigenvalue weighted by Crippen LogP contribution is -2.12. The van der Waals surface area contributed by atoms with Crippen LogP contribution in [-0.2, 0) is 9.53 Å². The molecule has 0 aliphatic carbocycles. The van der Waals surface area contributed by atoms with Crippen LogP contribution in [0.25, 0.3) is 6.08 Å². The van der Waals surface area contributed by atoms with Gasteiger partial charge in [0.1, 0.15) is 16.4 Å². The quantitative estimate of drug-likeness (QED) is 0.758. The highest BCUT2D eigenvalue weighted by Crippen LogP contribution is 2.40. The Morgan fingerprint density at radius 3 is 2.50 bits per heavy atom. The number of aliphatic hydroxyl groups excluding tert-OH is 1. The van der Waals surface area contributed by atoms with Gasteiger partial charge in [-0.1, -0.05) is 59.8 Å². The summed E-state index contributed by atoms with van der Waals surface area (Å²) in [5.74, 6) is -0.664. The van der Waals surface area contributed by atoms with Gasteiger partial charge in [0.2, 0.25) is 0 Å². The van der Waals surface area contributed by atoms with Crippen LogP contribution in [0.1, 0.15) is 18.1 Å². The number of para-hydroxylation sites is 1. The number of aliphatic imine (C=N–C) groups is 1. The SMILES string of the molecule is CCOC(=O)C1=C(O)C(=Cc2ccc(C)cc2)SC1=Nc1ccccc1. The number of benzene rings is 2. The number of nitrogens with zero attached hydrogens (tertiary/aromatic N) is 1. The fraction of sp³-hybridized carbons (Fsp3) is 0.143. The number of rotatable bonds is 4. The van der Waals surface area contributed by atoms with E-state index in [1.807, 2.05) is 67.6 Å². The summed E-state index contributed by atoms with van der Waals surface area (Å²) in [7, 11) is 0. The summed E-state index contributed by atoms with van der Waals surface area (Å²) >= 11 is 1.26. The van der Waals surface area contributed by atoms with E-state index in [-0.39, 0.29) is 17.9 Å². The molecule has 3 rings (SSSR count). The second-order valence-electron chi connectivity index (χ2n) is 5.72. The van der Waals surface area contributed by atoms with E-state index in [1.165, 1.54) is 11.8 Å². The molecule has 132 valence electrons. The average molecular weight is 365 g/mol. The van der Waals surface area contributed by atoms with E-state index >= 15 is 0 Å². The number of thioether (sulfide) groups is 1. The smallest absolute Gasteiger partial charge is 0.344 e. The molecule has 26 heavy (non-hydrogen) atoms. The summed E-state index contributed by atoms with van der Waals surface area (Å²) in [6, 6.07) is 17.2. The first-order chi connectivity index (χ1) is 12.6. The lowest BCUT2D eigenvalue weighted by atomic mass is 10.1. The molecule has 1 N–H and O–H groups in total. The zero-order valence-electron chi connectivity index (χ0n) is 14.6. The maximum absolute atomic E-state index is 12.3. The average Bonchev–Trinajstić information content (AvgIpc) is 2.93. The normalized spacial score (nSPS) is 17.2. The molecule has 0 fully saturated rings. The van der Waals surface area contributed by atoms with Gasteiger partial charge < -0.3 is 9.84 Å². The maximum atomic E-state index is 12.3. The van der Waals surface area contributed by atoms with Crippen LogP contribution >= 0.6 is 11.8 Å². The molecule has 0 bridgehead atoms. The van der Waals surface area contributed by atoms with Crippen molar-refractivity contribution in [1.82, 2.24) is 0 Å². The van der Waals surface area contributed by atoms with Gasteiger partial charge in [-0.3, -0.25) is 0 Å². The molecule has 0 saturated carbocycles. The maximum Gasteiger partial charge on any atom is 0.344 e. The van der Waals surface area contributed by atoms with Crippen molar-refractivity contribution in [2.75, 3.05) is 6.61 Å². The number of ether oxygens (including phenoxy) is 1. The highest BCUT2D eigenvalue weighted by Gasteiger charge is 2.33. The fourth-order valence-electron chi connectivity index (χ4n) is 2.43. The largest absolute Gasteiger partial charge is 0.506 e. The van der Waals surface area contributed by atoms with Crippen molar-refractivity contribution in [2.24, 2.45) is 4.99 Å². The molecule has 1 aliphatic heterocycles. The predicted molar refractivity (Wildman–Crippen MR) is 107 cm³/mol. The van der Waals surface area contributed by atoms with Gasteiger partial charge in [-0.05, 0) is 37.6 Å². The van der Waals surface area contributed by atoms with E-state index in [9.17, 15) is 9.90 Å². The Morgan fingerprint density at radius 1 is 1.15 bits per heavy atom. The number of carbonyl (C=O) groups is 1. The molecular formula is C21H19NO3S. The van der Waals surface area contributed by atoms with E-state index in [4.69, 9.17) is 4.74 Å². The molecule has 2 aromatic carbocycles. The van der Waals surface area contributed by atoms with Crippen LogP contribution in [0.2, 0.25) is 0 Å². The van der Waals surface area contributed by atoms with Crippen molar-refractivity contribution in [3.63, 3.8) is 0 Å². The first-order valence-electron chi connectivity index (χ1n) is 8.29. The van der Waals surface area contributed by atoms with Crippen molar-refractivity contribution >= 4 is 34.5 Å². The van der Waals surface area contributed by atoms with Crippen LogP contribution in [-0.4, -0.2) is 22.7 Å². The Labute approximate surface area is 156 Å². The highest BCUT2D eigenvalue weighted by molar-refractivity contribution is 8.18. The molecule has 0 radical (unpaired) electrons. The Bertz CT molecular complexity index is 897. The third-order valence-corrected chi connectivity index (χ3v) is 4.75. The topological polar surface area (TPSA) is 58.9 Å². The van der Waals surface area contributed by atoms with Gasteiger partial charge in [-0.15, -0.1) is 0 Å². The van der Waals surface area contributed by atoms with Gasteiger partial charge in [0, 0.05) is 0 Å². The molecule has 1 heterocycles. The summed E-state index contributed by atoms with van der Waals surface area (Å²) in [6.45, 7) is 3.98. The molecule has 1 aliphatic rings. The zero-order chi connectivity index (χ0) is 18.5. The minimum Gasteiger partial charge on any atom is -0.506 e. The van der Waals surface area contributed by atoms with Crippen LogP contribution in [0.3, 0.4) is 0 Å². The first-order valence-corrected chi connectivity index (χ1v) is 9.11. The molecule has 0 amide bonds. The van der Waals surface area contributed by atoms with Crippen LogP contribution in [0.15, 0.2) is 75.8 Å². The van der Waals surface area contributed by atoms with Crippen molar-refractivity contribution in [2.45, 2.75) is 13.8 Å². The van der Waals surface area contributed by atoms with E-state index in [0.29, 0.717) is 15.6 Å². The lowest BCUT2D eigenvalue weighted by molar-refractivity contribution is -0.138. The molecule has 0 atom stereocenters. The molecular weight excluding hydrogens is 346 g/mol. The van der Waals surface area contributed by atoms with E-state index in [1.54, 1.807) is 6.92 Å². The highest BCUT2D eigenvalue weighted by atomic mass is 32.2. The number of hydrogen-bond acceptors (Lipinski definition) is 5. The third kappa shape index (κ3) is 4.06. The zero-order valence-corrected chi connectivity index (χ0v) is 15.4. The van der Waals surface area contributed by atoms with Crippen LogP contribution in [0.4, 0.5) is 5.69 Å². The van der Waals surface area contributed by atoms with Crippen molar-refractivity contribution in [3.8, 4) is 0 Å². The monoisotopic (exact) mass is 365 g/mol. The number of carbonyl (C=O) groups excluding carboxylic acids is 1. The molecule has 4 nitrogen and oxygen atoms in total. The van der Waals surface area contributed by atoms with E-state index in [0.717, 1.165) is 11.1 Å². The van der Waals surface area contributed by atoms with E-state index in [2.05, 4.69) is 4.99 Å². The van der Waals surface area contributed by atoms with Crippen LogP contribution in [0, 0.1) is 6.92 Å². The summed E-state index contributed by atoms with van der Waals surface area (Å²) in [5, 5.41) is 11.1. The Balaban J connectivity index is 2.02. The molecule has 0 spiro atoms. The van der Waals surface area contributed by atoms with Gasteiger partial charge in [-0.2, -0.15) is 0 Å². The molecule has 2 aromatic rings. The van der Waals surface area contributed by atoms with Crippen LogP contribution in [0.5, 0.6) is 0 Å². The van der Waals surface area contributed by atoms with Crippen molar-refractivity contribution in [1.29, 1.82) is 0 Å². The fourth-order valence-corrected chi connectivity index (χ4v) is 3.46. The van der Waals surface area contributed by atoms with E-state index < -0.39 is 5.97 Å². The lowest BCUT2D eigenvalue weighted by Gasteiger charge is -2.03. The van der Waals surface area contributed by atoms with Gasteiger partial charge >= 0.3 is 5.97 Å². The summed E-state index contributed by atoms with van der Waals surface area (Å²) in [6.07, 6.45) is 1.84. The summed E-state index contributed by atoms with van der Waals surface area (Å²) in [4.78, 5) is 17.4. The second kappa shape index (κ2) is 8.06. The Hall–Kier alpha value is -2.79. The number of esters is 1. The minimum absolute atomic E-state index is 0.0938. The molecule has 5 heteroatoms. The Kier molecular flexibility index (Phi) is 5.58. The minimum atomic E-state index is -0.570. The van der Waals surface area contributed by atoms with Gasteiger partial charge in [-0.25, -0.2) is 9.79 Å². The van der Waals surface area contributed by atoms with Crippen molar-refractivity contribution < 1.29 is 14.6 Å². The molecule has 0 saturated heterocycles. The second-order valence-corrected chi connectivity index (χ2v) is 6.75. The number of aliphatic hydroxyl groups is 1. The van der Waals surface area contributed by atoms with Crippen LogP contribution < -0.4 is 0 Å².